The van der Waals surface area contributed by atoms with E-state index in [1.54, 1.807) is 6.20 Å². The number of nitrogens with zero attached hydrogens (tertiary/aromatic N) is 1. The van der Waals surface area contributed by atoms with Gasteiger partial charge in [-0.2, -0.15) is 0 Å². The molecule has 82 valence electrons. The summed E-state index contributed by atoms with van der Waals surface area (Å²) in [4.78, 5) is 4.35. The average molecular weight is 233 g/mol. The van der Waals surface area contributed by atoms with E-state index in [9.17, 15) is 0 Å². The van der Waals surface area contributed by atoms with Gasteiger partial charge in [0.05, 0.1) is 11.7 Å². The lowest BCUT2D eigenvalue weighted by Gasteiger charge is -2.15. The molecule has 0 radical (unpaired) electrons. The van der Waals surface area contributed by atoms with Crippen LogP contribution in [0.25, 0.3) is 0 Å². The molecule has 2 aromatic rings. The second-order valence-electron chi connectivity index (χ2n) is 3.53. The molecule has 0 aliphatic rings. The molecule has 2 rings (SSSR count). The van der Waals surface area contributed by atoms with E-state index < -0.39 is 0 Å². The topological polar surface area (TPSA) is 24.9 Å². The maximum Gasteiger partial charge on any atom is 0.0748 e. The summed E-state index contributed by atoms with van der Waals surface area (Å²) in [6.45, 7) is 0. The third kappa shape index (κ3) is 2.40. The van der Waals surface area contributed by atoms with Crippen molar-refractivity contribution in [1.29, 1.82) is 0 Å². The monoisotopic (exact) mass is 232 g/mol. The number of pyridine rings is 1. The van der Waals surface area contributed by atoms with Crippen LogP contribution in [0.15, 0.2) is 48.7 Å². The van der Waals surface area contributed by atoms with Gasteiger partial charge >= 0.3 is 0 Å². The number of aromatic nitrogens is 1. The molecule has 1 aromatic heterocycles. The Kier molecular flexibility index (Phi) is 3.54. The van der Waals surface area contributed by atoms with Crippen LogP contribution in [0.3, 0.4) is 0 Å². The second kappa shape index (κ2) is 5.10. The van der Waals surface area contributed by atoms with Crippen molar-refractivity contribution in [3.8, 4) is 0 Å². The minimum Gasteiger partial charge on any atom is -0.308 e. The van der Waals surface area contributed by atoms with Crippen molar-refractivity contribution in [1.82, 2.24) is 10.3 Å². The minimum atomic E-state index is 0.110. The summed E-state index contributed by atoms with van der Waals surface area (Å²) in [5.41, 5.74) is 2.16. The van der Waals surface area contributed by atoms with Crippen molar-refractivity contribution in [3.63, 3.8) is 0 Å². The van der Waals surface area contributed by atoms with Crippen molar-refractivity contribution < 1.29 is 0 Å². The lowest BCUT2D eigenvalue weighted by Crippen LogP contribution is -2.18. The molecule has 0 amide bonds. The molecule has 0 spiro atoms. The highest BCUT2D eigenvalue weighted by molar-refractivity contribution is 6.30. The van der Waals surface area contributed by atoms with E-state index in [0.29, 0.717) is 0 Å². The van der Waals surface area contributed by atoms with Crippen molar-refractivity contribution >= 4 is 11.6 Å². The highest BCUT2D eigenvalue weighted by Gasteiger charge is 2.12. The smallest absolute Gasteiger partial charge is 0.0748 e. The Balaban J connectivity index is 2.33. The van der Waals surface area contributed by atoms with Crippen molar-refractivity contribution in [2.45, 2.75) is 6.04 Å². The fourth-order valence-corrected chi connectivity index (χ4v) is 1.81. The van der Waals surface area contributed by atoms with Gasteiger partial charge in [-0.15, -0.1) is 0 Å². The van der Waals surface area contributed by atoms with Gasteiger partial charge in [0, 0.05) is 11.2 Å². The Labute approximate surface area is 100 Å². The number of hydrogen-bond acceptors (Lipinski definition) is 2. The quantitative estimate of drug-likeness (QED) is 0.880. The third-order valence-electron chi connectivity index (χ3n) is 2.48. The molecule has 0 saturated heterocycles. The fourth-order valence-electron chi connectivity index (χ4n) is 1.69. The van der Waals surface area contributed by atoms with Gasteiger partial charge in [-0.25, -0.2) is 0 Å². The van der Waals surface area contributed by atoms with Crippen molar-refractivity contribution in [3.05, 3.63) is 64.9 Å². The summed E-state index contributed by atoms with van der Waals surface area (Å²) in [5, 5.41) is 4.00. The zero-order chi connectivity index (χ0) is 11.4. The van der Waals surface area contributed by atoms with Gasteiger partial charge in [0.1, 0.15) is 0 Å². The fraction of sp³-hybridized carbons (Fsp3) is 0.154. The highest BCUT2D eigenvalue weighted by atomic mass is 35.5. The summed E-state index contributed by atoms with van der Waals surface area (Å²) < 4.78 is 0. The predicted octanol–water partition coefficient (Wildman–Crippen LogP) is 3.04. The Hall–Kier alpha value is -1.38. The summed E-state index contributed by atoms with van der Waals surface area (Å²) in [6.07, 6.45) is 1.80. The third-order valence-corrected chi connectivity index (χ3v) is 2.73. The molecule has 0 aliphatic heterocycles. The Morgan fingerprint density at radius 1 is 1.12 bits per heavy atom. The van der Waals surface area contributed by atoms with Crippen LogP contribution < -0.4 is 5.32 Å². The van der Waals surface area contributed by atoms with E-state index in [-0.39, 0.29) is 6.04 Å². The van der Waals surface area contributed by atoms with Gasteiger partial charge in [-0.05, 0) is 36.9 Å². The zero-order valence-electron chi connectivity index (χ0n) is 9.02. The molecule has 0 fully saturated rings. The molecule has 16 heavy (non-hydrogen) atoms. The molecule has 1 heterocycles. The zero-order valence-corrected chi connectivity index (χ0v) is 9.78. The number of nitrogens with one attached hydrogen (secondary N) is 1. The van der Waals surface area contributed by atoms with Gasteiger partial charge in [-0.1, -0.05) is 29.8 Å². The molecular formula is C13H13ClN2. The van der Waals surface area contributed by atoms with Crippen LogP contribution in [0.2, 0.25) is 5.02 Å². The molecule has 2 nitrogen and oxygen atoms in total. The largest absolute Gasteiger partial charge is 0.308 e. The molecule has 1 aromatic carbocycles. The molecule has 3 heteroatoms. The minimum absolute atomic E-state index is 0.110. The van der Waals surface area contributed by atoms with Crippen LogP contribution in [0.1, 0.15) is 17.3 Å². The predicted molar refractivity (Wildman–Crippen MR) is 66.6 cm³/mol. The van der Waals surface area contributed by atoms with E-state index >= 15 is 0 Å². The first kappa shape index (κ1) is 11.1. The summed E-state index contributed by atoms with van der Waals surface area (Å²) in [5.74, 6) is 0. The van der Waals surface area contributed by atoms with Crippen LogP contribution in [0.4, 0.5) is 0 Å². The van der Waals surface area contributed by atoms with E-state index in [0.717, 1.165) is 16.3 Å². The lowest BCUT2D eigenvalue weighted by molar-refractivity contribution is 0.671. The van der Waals surface area contributed by atoms with Crippen LogP contribution in [0.5, 0.6) is 0 Å². The average Bonchev–Trinajstić information content (AvgIpc) is 2.34. The Morgan fingerprint density at radius 3 is 2.44 bits per heavy atom. The van der Waals surface area contributed by atoms with Crippen LogP contribution >= 0.6 is 11.6 Å². The lowest BCUT2D eigenvalue weighted by atomic mass is 10.0. The van der Waals surface area contributed by atoms with Crippen LogP contribution in [-0.2, 0) is 0 Å². The normalized spacial score (nSPS) is 12.4. The van der Waals surface area contributed by atoms with Gasteiger partial charge in [0.2, 0.25) is 0 Å². The molecule has 0 aliphatic carbocycles. The molecule has 0 unspecified atom stereocenters. The standard InChI is InChI=1S/C13H13ClN2/c1-15-13(12-4-2-3-9-16-12)10-5-7-11(14)8-6-10/h2-9,13,15H,1H3/t13-/m0/s1. The van der Waals surface area contributed by atoms with Gasteiger partial charge in [0.25, 0.3) is 0 Å². The van der Waals surface area contributed by atoms with E-state index in [1.807, 2.05) is 49.5 Å². The number of hydrogen-bond donors (Lipinski definition) is 1. The van der Waals surface area contributed by atoms with E-state index in [2.05, 4.69) is 10.3 Å². The molecule has 1 atom stereocenters. The van der Waals surface area contributed by atoms with E-state index in [1.165, 1.54) is 0 Å². The summed E-state index contributed by atoms with van der Waals surface area (Å²) in [6, 6.07) is 13.8. The van der Waals surface area contributed by atoms with Crippen LogP contribution in [-0.4, -0.2) is 12.0 Å². The first-order chi connectivity index (χ1) is 7.81. The van der Waals surface area contributed by atoms with Crippen LogP contribution in [0, 0.1) is 0 Å². The highest BCUT2D eigenvalue weighted by Crippen LogP contribution is 2.21. The summed E-state index contributed by atoms with van der Waals surface area (Å²) >= 11 is 5.87. The van der Waals surface area contributed by atoms with Gasteiger partial charge in [0.15, 0.2) is 0 Å². The molecular weight excluding hydrogens is 220 g/mol. The first-order valence-electron chi connectivity index (χ1n) is 5.15. The number of halogens is 1. The first-order valence-corrected chi connectivity index (χ1v) is 5.52. The van der Waals surface area contributed by atoms with Crippen molar-refractivity contribution in [2.24, 2.45) is 0 Å². The maximum absolute atomic E-state index is 5.87. The number of rotatable bonds is 3. The molecule has 0 saturated carbocycles. The van der Waals surface area contributed by atoms with E-state index in [4.69, 9.17) is 11.6 Å². The Morgan fingerprint density at radius 2 is 1.88 bits per heavy atom. The second-order valence-corrected chi connectivity index (χ2v) is 3.96. The van der Waals surface area contributed by atoms with Crippen molar-refractivity contribution in [2.75, 3.05) is 7.05 Å². The van der Waals surface area contributed by atoms with Gasteiger partial charge in [-0.3, -0.25) is 4.98 Å². The maximum atomic E-state index is 5.87. The molecule has 1 N–H and O–H groups in total. The molecule has 0 bridgehead atoms. The number of benzene rings is 1. The summed E-state index contributed by atoms with van der Waals surface area (Å²) in [7, 11) is 1.92. The Bertz CT molecular complexity index is 439. The van der Waals surface area contributed by atoms with Gasteiger partial charge < -0.3 is 5.32 Å². The SMILES string of the molecule is CN[C@@H](c1ccc(Cl)cc1)c1ccccn1.